The standard InChI is InChI=1S/C12H15BrN4O3/c13-10-8-9(17(19)20)2-3-11(10)15-4-1-5-16(7-6-15)12(14)18/h2-3,8H,1,4-7H2,(H2,14,18). The minimum Gasteiger partial charge on any atom is -0.369 e. The van der Waals surface area contributed by atoms with Crippen LogP contribution in [0.2, 0.25) is 0 Å². The van der Waals surface area contributed by atoms with Crippen molar-refractivity contribution >= 4 is 33.3 Å². The Morgan fingerprint density at radius 2 is 2.05 bits per heavy atom. The Balaban J connectivity index is 2.15. The van der Waals surface area contributed by atoms with Gasteiger partial charge in [-0.25, -0.2) is 4.79 Å². The van der Waals surface area contributed by atoms with E-state index in [0.29, 0.717) is 24.1 Å². The molecule has 0 unspecified atom stereocenters. The van der Waals surface area contributed by atoms with Crippen molar-refractivity contribution in [3.8, 4) is 0 Å². The first-order chi connectivity index (χ1) is 9.49. The number of benzene rings is 1. The third kappa shape index (κ3) is 3.19. The van der Waals surface area contributed by atoms with Crippen molar-refractivity contribution in [3.05, 3.63) is 32.8 Å². The van der Waals surface area contributed by atoms with E-state index in [9.17, 15) is 14.9 Å². The number of hydrogen-bond donors (Lipinski definition) is 1. The topological polar surface area (TPSA) is 92.7 Å². The average Bonchev–Trinajstić information content (AvgIpc) is 2.64. The number of nitrogens with zero attached hydrogens (tertiary/aromatic N) is 3. The zero-order chi connectivity index (χ0) is 14.7. The van der Waals surface area contributed by atoms with Gasteiger partial charge in [-0.15, -0.1) is 0 Å². The summed E-state index contributed by atoms with van der Waals surface area (Å²) in [6, 6.07) is 4.29. The lowest BCUT2D eigenvalue weighted by Gasteiger charge is -2.24. The van der Waals surface area contributed by atoms with E-state index >= 15 is 0 Å². The monoisotopic (exact) mass is 342 g/mol. The van der Waals surface area contributed by atoms with Gasteiger partial charge in [-0.3, -0.25) is 10.1 Å². The number of primary amides is 1. The number of hydrogen-bond acceptors (Lipinski definition) is 4. The highest BCUT2D eigenvalue weighted by Gasteiger charge is 2.19. The summed E-state index contributed by atoms with van der Waals surface area (Å²) in [6.07, 6.45) is 0.812. The molecule has 0 atom stereocenters. The third-order valence-electron chi connectivity index (χ3n) is 3.29. The van der Waals surface area contributed by atoms with Crippen molar-refractivity contribution in [2.24, 2.45) is 5.73 Å². The lowest BCUT2D eigenvalue weighted by atomic mass is 10.2. The Bertz CT molecular complexity index is 537. The molecule has 2 rings (SSSR count). The van der Waals surface area contributed by atoms with Crippen LogP contribution < -0.4 is 10.6 Å². The normalized spacial score (nSPS) is 15.8. The highest BCUT2D eigenvalue weighted by atomic mass is 79.9. The van der Waals surface area contributed by atoms with E-state index in [4.69, 9.17) is 5.73 Å². The first kappa shape index (κ1) is 14.6. The molecule has 0 aromatic heterocycles. The van der Waals surface area contributed by atoms with Gasteiger partial charge in [0, 0.05) is 42.8 Å². The molecule has 0 spiro atoms. The minimum atomic E-state index is -0.425. The van der Waals surface area contributed by atoms with Gasteiger partial charge in [0.15, 0.2) is 0 Å². The number of halogens is 1. The van der Waals surface area contributed by atoms with Crippen LogP contribution >= 0.6 is 15.9 Å². The number of rotatable bonds is 2. The molecule has 1 saturated heterocycles. The van der Waals surface area contributed by atoms with E-state index in [-0.39, 0.29) is 5.69 Å². The zero-order valence-corrected chi connectivity index (χ0v) is 12.4. The number of anilines is 1. The van der Waals surface area contributed by atoms with Crippen LogP contribution in [0, 0.1) is 10.1 Å². The van der Waals surface area contributed by atoms with E-state index in [1.165, 1.54) is 12.1 Å². The molecular formula is C12H15BrN4O3. The number of urea groups is 1. The summed E-state index contributed by atoms with van der Waals surface area (Å²) in [5.74, 6) is 0. The van der Waals surface area contributed by atoms with Gasteiger partial charge in [-0.2, -0.15) is 0 Å². The molecule has 1 aliphatic rings. The molecule has 1 aromatic carbocycles. The molecule has 1 heterocycles. The number of nitrogens with two attached hydrogens (primary N) is 1. The smallest absolute Gasteiger partial charge is 0.314 e. The second-order valence-corrected chi connectivity index (χ2v) is 5.41. The zero-order valence-electron chi connectivity index (χ0n) is 10.8. The van der Waals surface area contributed by atoms with Crippen LogP contribution in [0.1, 0.15) is 6.42 Å². The lowest BCUT2D eigenvalue weighted by molar-refractivity contribution is -0.384. The van der Waals surface area contributed by atoms with Gasteiger partial charge in [0.25, 0.3) is 5.69 Å². The fourth-order valence-corrected chi connectivity index (χ4v) is 2.86. The molecule has 0 bridgehead atoms. The van der Waals surface area contributed by atoms with E-state index in [0.717, 1.165) is 18.7 Å². The summed E-state index contributed by atoms with van der Waals surface area (Å²) in [4.78, 5) is 25.2. The van der Waals surface area contributed by atoms with Gasteiger partial charge in [0.1, 0.15) is 0 Å². The molecule has 2 amide bonds. The Hall–Kier alpha value is -1.83. The second-order valence-electron chi connectivity index (χ2n) is 4.56. The molecule has 0 radical (unpaired) electrons. The van der Waals surface area contributed by atoms with Crippen LogP contribution in [0.15, 0.2) is 22.7 Å². The highest BCUT2D eigenvalue weighted by Crippen LogP contribution is 2.30. The summed E-state index contributed by atoms with van der Waals surface area (Å²) in [7, 11) is 0. The average molecular weight is 343 g/mol. The summed E-state index contributed by atoms with van der Waals surface area (Å²) in [5, 5.41) is 10.7. The van der Waals surface area contributed by atoms with Gasteiger partial charge in [0.2, 0.25) is 0 Å². The first-order valence-corrected chi connectivity index (χ1v) is 7.01. The summed E-state index contributed by atoms with van der Waals surface area (Å²) in [6.45, 7) is 2.62. The lowest BCUT2D eigenvalue weighted by Crippen LogP contribution is -2.38. The summed E-state index contributed by atoms with van der Waals surface area (Å²) >= 11 is 3.37. The molecule has 0 saturated carbocycles. The largest absolute Gasteiger partial charge is 0.369 e. The van der Waals surface area contributed by atoms with Gasteiger partial charge >= 0.3 is 6.03 Å². The second kappa shape index (κ2) is 6.08. The molecule has 7 nitrogen and oxygen atoms in total. The number of amides is 2. The van der Waals surface area contributed by atoms with E-state index in [1.54, 1.807) is 11.0 Å². The number of nitro benzene ring substituents is 1. The molecule has 8 heteroatoms. The Morgan fingerprint density at radius 3 is 2.65 bits per heavy atom. The fraction of sp³-hybridized carbons (Fsp3) is 0.417. The minimum absolute atomic E-state index is 0.0502. The van der Waals surface area contributed by atoms with Crippen LogP contribution in [0.4, 0.5) is 16.2 Å². The molecule has 20 heavy (non-hydrogen) atoms. The van der Waals surface area contributed by atoms with Gasteiger partial charge in [0.05, 0.1) is 10.6 Å². The van der Waals surface area contributed by atoms with Crippen molar-refractivity contribution in [1.82, 2.24) is 4.90 Å². The van der Waals surface area contributed by atoms with Crippen molar-refractivity contribution in [1.29, 1.82) is 0 Å². The first-order valence-electron chi connectivity index (χ1n) is 6.22. The molecule has 2 N–H and O–H groups in total. The van der Waals surface area contributed by atoms with Crippen molar-refractivity contribution in [2.45, 2.75) is 6.42 Å². The van der Waals surface area contributed by atoms with Crippen LogP contribution in [0.5, 0.6) is 0 Å². The third-order valence-corrected chi connectivity index (χ3v) is 3.93. The van der Waals surface area contributed by atoms with Crippen LogP contribution in [-0.2, 0) is 0 Å². The molecule has 1 aliphatic heterocycles. The number of carbonyl (C=O) groups excluding carboxylic acids is 1. The summed E-state index contributed by atoms with van der Waals surface area (Å²) < 4.78 is 0.680. The highest BCUT2D eigenvalue weighted by molar-refractivity contribution is 9.10. The molecule has 0 aliphatic carbocycles. The van der Waals surface area contributed by atoms with Gasteiger partial charge in [-0.1, -0.05) is 0 Å². The van der Waals surface area contributed by atoms with Crippen LogP contribution in [0.3, 0.4) is 0 Å². The Kier molecular flexibility index (Phi) is 4.43. The number of nitro groups is 1. The predicted octanol–water partition coefficient (Wildman–Crippen LogP) is 1.95. The van der Waals surface area contributed by atoms with Crippen molar-refractivity contribution in [2.75, 3.05) is 31.1 Å². The van der Waals surface area contributed by atoms with Gasteiger partial charge in [-0.05, 0) is 28.4 Å². The quantitative estimate of drug-likeness (QED) is 0.656. The van der Waals surface area contributed by atoms with Crippen molar-refractivity contribution in [3.63, 3.8) is 0 Å². The fourth-order valence-electron chi connectivity index (χ4n) is 2.24. The Labute approximate surface area is 124 Å². The van der Waals surface area contributed by atoms with E-state index in [2.05, 4.69) is 20.8 Å². The maximum Gasteiger partial charge on any atom is 0.314 e. The molecule has 1 aromatic rings. The predicted molar refractivity (Wildman–Crippen MR) is 78.8 cm³/mol. The van der Waals surface area contributed by atoms with Crippen LogP contribution in [0.25, 0.3) is 0 Å². The van der Waals surface area contributed by atoms with E-state index < -0.39 is 11.0 Å². The molecular weight excluding hydrogens is 328 g/mol. The van der Waals surface area contributed by atoms with Crippen molar-refractivity contribution < 1.29 is 9.72 Å². The Morgan fingerprint density at radius 1 is 1.30 bits per heavy atom. The number of non-ortho nitro benzene ring substituents is 1. The SMILES string of the molecule is NC(=O)N1CCCN(c2ccc([N+](=O)[O-])cc2Br)CC1. The maximum atomic E-state index is 11.2. The summed E-state index contributed by atoms with van der Waals surface area (Å²) in [5.41, 5.74) is 6.23. The molecule has 1 fully saturated rings. The van der Waals surface area contributed by atoms with E-state index in [1.807, 2.05) is 0 Å². The maximum absolute atomic E-state index is 11.2. The molecule has 108 valence electrons. The van der Waals surface area contributed by atoms with Gasteiger partial charge < -0.3 is 15.5 Å². The number of carbonyl (C=O) groups is 1. The van der Waals surface area contributed by atoms with Crippen LogP contribution in [-0.4, -0.2) is 42.0 Å².